The molecule has 18 heavy (non-hydrogen) atoms. The van der Waals surface area contributed by atoms with Gasteiger partial charge in [-0.3, -0.25) is 0 Å². The predicted molar refractivity (Wildman–Crippen MR) is 60.1 cm³/mol. The molecular weight excluding hydrogens is 268 g/mol. The van der Waals surface area contributed by atoms with Crippen LogP contribution >= 0.6 is 0 Å². The number of ether oxygens (including phenoxy) is 1. The van der Waals surface area contributed by atoms with Crippen LogP contribution in [-0.4, -0.2) is 33.6 Å². The van der Waals surface area contributed by atoms with Gasteiger partial charge in [-0.15, -0.1) is 0 Å². The van der Waals surface area contributed by atoms with E-state index in [1.54, 1.807) is 4.72 Å². The average Bonchev–Trinajstić information content (AvgIpc) is 2.35. The van der Waals surface area contributed by atoms with E-state index in [1.165, 1.54) is 25.3 Å². The van der Waals surface area contributed by atoms with Gasteiger partial charge < -0.3 is 9.84 Å². The van der Waals surface area contributed by atoms with Crippen molar-refractivity contribution >= 4 is 10.0 Å². The first-order chi connectivity index (χ1) is 8.40. The highest BCUT2D eigenvalue weighted by atomic mass is 32.2. The van der Waals surface area contributed by atoms with E-state index < -0.39 is 23.0 Å². The van der Waals surface area contributed by atoms with E-state index in [0.29, 0.717) is 5.56 Å². The molecule has 0 saturated carbocycles. The van der Waals surface area contributed by atoms with Gasteiger partial charge >= 0.3 is 0 Å². The minimum atomic E-state index is -4.06. The monoisotopic (exact) mass is 281 g/mol. The molecule has 0 aliphatic heterocycles. The molecule has 0 radical (unpaired) electrons. The summed E-state index contributed by atoms with van der Waals surface area (Å²) in [6.45, 7) is -1.24. The number of halogens is 2. The smallest absolute Gasteiger partial charge is 0.251 e. The second-order valence-corrected chi connectivity index (χ2v) is 5.12. The van der Waals surface area contributed by atoms with Crippen molar-refractivity contribution in [2.75, 3.05) is 13.7 Å². The Morgan fingerprint density at radius 2 is 2.11 bits per heavy atom. The van der Waals surface area contributed by atoms with Gasteiger partial charge in [-0.1, -0.05) is 6.07 Å². The van der Waals surface area contributed by atoms with E-state index in [1.807, 2.05) is 0 Å². The maximum absolute atomic E-state index is 12.0. The average molecular weight is 281 g/mol. The molecule has 2 N–H and O–H groups in total. The molecule has 0 spiro atoms. The van der Waals surface area contributed by atoms with Crippen molar-refractivity contribution in [3.05, 3.63) is 23.8 Å². The van der Waals surface area contributed by atoms with Crippen LogP contribution in [-0.2, 0) is 16.6 Å². The normalized spacial score (nSPS) is 11.8. The van der Waals surface area contributed by atoms with Crippen molar-refractivity contribution in [1.29, 1.82) is 0 Å². The van der Waals surface area contributed by atoms with Gasteiger partial charge in [0.1, 0.15) is 10.6 Å². The Kier molecular flexibility index (Phi) is 5.00. The van der Waals surface area contributed by atoms with Gasteiger partial charge in [-0.05, 0) is 17.7 Å². The fourth-order valence-corrected chi connectivity index (χ4v) is 2.44. The maximum Gasteiger partial charge on any atom is 0.251 e. The molecule has 0 saturated heterocycles. The number of rotatable bonds is 6. The highest BCUT2D eigenvalue weighted by Gasteiger charge is 2.20. The van der Waals surface area contributed by atoms with Crippen LogP contribution in [0.4, 0.5) is 8.78 Å². The van der Waals surface area contributed by atoms with E-state index in [4.69, 9.17) is 9.84 Å². The number of hydrogen-bond donors (Lipinski definition) is 2. The molecule has 0 bridgehead atoms. The lowest BCUT2D eigenvalue weighted by molar-refractivity contribution is 0.153. The zero-order chi connectivity index (χ0) is 13.8. The van der Waals surface area contributed by atoms with Crippen LogP contribution in [0.15, 0.2) is 23.1 Å². The summed E-state index contributed by atoms with van der Waals surface area (Å²) in [5.74, 6) is -0.0108. The first kappa shape index (κ1) is 14.8. The lowest BCUT2D eigenvalue weighted by Crippen LogP contribution is -2.29. The number of sulfonamides is 1. The van der Waals surface area contributed by atoms with Crippen LogP contribution in [0.3, 0.4) is 0 Å². The van der Waals surface area contributed by atoms with Gasteiger partial charge in [-0.2, -0.15) is 0 Å². The fourth-order valence-electron chi connectivity index (χ4n) is 1.28. The lowest BCUT2D eigenvalue weighted by atomic mass is 10.2. The van der Waals surface area contributed by atoms with Crippen LogP contribution < -0.4 is 9.46 Å². The molecule has 1 aromatic carbocycles. The van der Waals surface area contributed by atoms with E-state index in [2.05, 4.69) is 0 Å². The first-order valence-corrected chi connectivity index (χ1v) is 6.44. The number of alkyl halides is 2. The van der Waals surface area contributed by atoms with Crippen molar-refractivity contribution in [3.8, 4) is 5.75 Å². The lowest BCUT2D eigenvalue weighted by Gasteiger charge is -2.11. The number of benzene rings is 1. The van der Waals surface area contributed by atoms with Gasteiger partial charge in [0.2, 0.25) is 10.0 Å². The minimum absolute atomic E-state index is 0.0108. The molecule has 1 aromatic rings. The van der Waals surface area contributed by atoms with Crippen molar-refractivity contribution in [3.63, 3.8) is 0 Å². The molecule has 0 unspecified atom stereocenters. The van der Waals surface area contributed by atoms with E-state index in [-0.39, 0.29) is 17.3 Å². The SMILES string of the molecule is COc1cc(CO)ccc1S(=O)(=O)NCC(F)F. The second-order valence-electron chi connectivity index (χ2n) is 3.39. The number of aliphatic hydroxyl groups is 1. The number of aliphatic hydroxyl groups excluding tert-OH is 1. The topological polar surface area (TPSA) is 75.6 Å². The summed E-state index contributed by atoms with van der Waals surface area (Å²) in [7, 11) is -2.81. The third kappa shape index (κ3) is 3.62. The van der Waals surface area contributed by atoms with Gasteiger partial charge in [-0.25, -0.2) is 21.9 Å². The van der Waals surface area contributed by atoms with Crippen LogP contribution in [0.2, 0.25) is 0 Å². The Morgan fingerprint density at radius 1 is 1.44 bits per heavy atom. The summed E-state index contributed by atoms with van der Waals surface area (Å²) in [4.78, 5) is -0.247. The molecule has 0 fully saturated rings. The van der Waals surface area contributed by atoms with Gasteiger partial charge in [0, 0.05) is 0 Å². The zero-order valence-corrected chi connectivity index (χ0v) is 10.4. The molecule has 0 aliphatic rings. The standard InChI is InChI=1S/C10H13F2NO4S/c1-17-8-4-7(6-14)2-3-9(8)18(15,16)13-5-10(11)12/h2-4,10,13-14H,5-6H2,1H3. The molecular formula is C10H13F2NO4S. The quantitative estimate of drug-likeness (QED) is 0.806. The first-order valence-electron chi connectivity index (χ1n) is 4.96. The van der Waals surface area contributed by atoms with E-state index >= 15 is 0 Å². The summed E-state index contributed by atoms with van der Waals surface area (Å²) >= 11 is 0. The number of methoxy groups -OCH3 is 1. The van der Waals surface area contributed by atoms with Crippen molar-refractivity contribution in [1.82, 2.24) is 4.72 Å². The molecule has 8 heteroatoms. The predicted octanol–water partition coefficient (Wildman–Crippen LogP) is 0.731. The largest absolute Gasteiger partial charge is 0.495 e. The fraction of sp³-hybridized carbons (Fsp3) is 0.400. The molecule has 0 aliphatic carbocycles. The minimum Gasteiger partial charge on any atom is -0.495 e. The van der Waals surface area contributed by atoms with Crippen LogP contribution in [0, 0.1) is 0 Å². The summed E-state index contributed by atoms with van der Waals surface area (Å²) in [5.41, 5.74) is 0.458. The Balaban J connectivity index is 3.08. The van der Waals surface area contributed by atoms with Crippen LogP contribution in [0.25, 0.3) is 0 Å². The van der Waals surface area contributed by atoms with Gasteiger partial charge in [0.15, 0.2) is 0 Å². The van der Waals surface area contributed by atoms with Gasteiger partial charge in [0.05, 0.1) is 20.3 Å². The molecule has 1 rings (SSSR count). The molecule has 0 atom stereocenters. The Labute approximate surface area is 103 Å². The second kappa shape index (κ2) is 6.07. The summed E-state index contributed by atoms with van der Waals surface area (Å²) in [5, 5.41) is 8.91. The number of hydrogen-bond acceptors (Lipinski definition) is 4. The third-order valence-corrected chi connectivity index (χ3v) is 3.59. The highest BCUT2D eigenvalue weighted by molar-refractivity contribution is 7.89. The van der Waals surface area contributed by atoms with E-state index in [9.17, 15) is 17.2 Å². The molecule has 0 aromatic heterocycles. The van der Waals surface area contributed by atoms with Gasteiger partial charge in [0.25, 0.3) is 6.43 Å². The van der Waals surface area contributed by atoms with Crippen molar-refractivity contribution in [2.45, 2.75) is 17.9 Å². The Bertz CT molecular complexity index is 505. The van der Waals surface area contributed by atoms with E-state index in [0.717, 1.165) is 0 Å². The Hall–Kier alpha value is -1.25. The highest BCUT2D eigenvalue weighted by Crippen LogP contribution is 2.24. The van der Waals surface area contributed by atoms with Crippen molar-refractivity contribution < 1.29 is 27.0 Å². The van der Waals surface area contributed by atoms with Crippen molar-refractivity contribution in [2.24, 2.45) is 0 Å². The molecule has 0 amide bonds. The zero-order valence-electron chi connectivity index (χ0n) is 9.56. The van der Waals surface area contributed by atoms with Crippen LogP contribution in [0.5, 0.6) is 5.75 Å². The Morgan fingerprint density at radius 3 is 2.61 bits per heavy atom. The summed E-state index contributed by atoms with van der Waals surface area (Å²) < 4.78 is 54.1. The van der Waals surface area contributed by atoms with Crippen LogP contribution in [0.1, 0.15) is 5.56 Å². The molecule has 0 heterocycles. The molecule has 5 nitrogen and oxygen atoms in total. The summed E-state index contributed by atoms with van der Waals surface area (Å²) in [6.07, 6.45) is -2.78. The maximum atomic E-state index is 12.0. The third-order valence-electron chi connectivity index (χ3n) is 2.13. The number of nitrogens with one attached hydrogen (secondary N) is 1. The molecule has 102 valence electrons. The summed E-state index contributed by atoms with van der Waals surface area (Å²) in [6, 6.07) is 3.90.